The van der Waals surface area contributed by atoms with Gasteiger partial charge in [0.15, 0.2) is 5.65 Å². The van der Waals surface area contributed by atoms with Crippen LogP contribution in [0, 0.1) is 20.8 Å². The van der Waals surface area contributed by atoms with Crippen LogP contribution in [0.3, 0.4) is 0 Å². The molecule has 29 heavy (non-hydrogen) atoms. The molecule has 0 aliphatic rings. The molecular formula is C23H31N5O. The largest absolute Gasteiger partial charge is 0.375 e. The van der Waals surface area contributed by atoms with E-state index in [1.165, 1.54) is 11.3 Å². The zero-order valence-electron chi connectivity index (χ0n) is 18.1. The minimum absolute atomic E-state index is 0.0918. The Balaban J connectivity index is 1.50. The number of para-hydroxylation sites is 1. The van der Waals surface area contributed by atoms with Crippen LogP contribution in [0.2, 0.25) is 0 Å². The van der Waals surface area contributed by atoms with Crippen LogP contribution in [0.1, 0.15) is 35.4 Å². The van der Waals surface area contributed by atoms with Gasteiger partial charge in [0.1, 0.15) is 0 Å². The van der Waals surface area contributed by atoms with Gasteiger partial charge in [-0.15, -0.1) is 0 Å². The molecule has 0 radical (unpaired) electrons. The molecule has 3 aromatic rings. The molecule has 0 unspecified atom stereocenters. The SMILES string of the molecule is Cc1nc2c(c(C)nn2C)c(C)c1CCC(=O)NCCCN(C)c1ccccc1. The van der Waals surface area contributed by atoms with E-state index in [-0.39, 0.29) is 5.91 Å². The molecule has 1 amide bonds. The average molecular weight is 394 g/mol. The van der Waals surface area contributed by atoms with Crippen molar-refractivity contribution in [3.05, 3.63) is 52.8 Å². The van der Waals surface area contributed by atoms with E-state index in [0.29, 0.717) is 19.4 Å². The number of fused-ring (bicyclic) bond motifs is 1. The highest BCUT2D eigenvalue weighted by molar-refractivity contribution is 5.84. The van der Waals surface area contributed by atoms with Crippen molar-refractivity contribution in [3.8, 4) is 0 Å². The summed E-state index contributed by atoms with van der Waals surface area (Å²) in [6.07, 6.45) is 2.09. The number of aromatic nitrogens is 3. The minimum Gasteiger partial charge on any atom is -0.375 e. The Labute approximate surface area is 172 Å². The fourth-order valence-corrected chi connectivity index (χ4v) is 3.91. The van der Waals surface area contributed by atoms with Crippen LogP contribution in [-0.4, -0.2) is 40.8 Å². The average Bonchev–Trinajstić information content (AvgIpc) is 2.98. The van der Waals surface area contributed by atoms with Gasteiger partial charge in [-0.05, 0) is 56.9 Å². The topological polar surface area (TPSA) is 63.1 Å². The first-order valence-electron chi connectivity index (χ1n) is 10.2. The Morgan fingerprint density at radius 2 is 1.86 bits per heavy atom. The molecule has 1 aromatic carbocycles. The standard InChI is InChI=1S/C23H31N5O/c1-16-20(17(2)25-23-22(16)18(3)26-28(23)5)12-13-21(29)24-14-9-15-27(4)19-10-7-6-8-11-19/h6-8,10-11H,9,12-15H2,1-5H3,(H,24,29). The molecule has 0 aliphatic carbocycles. The number of carbonyl (C=O) groups excluding carboxylic acids is 1. The maximum Gasteiger partial charge on any atom is 0.220 e. The smallest absolute Gasteiger partial charge is 0.220 e. The van der Waals surface area contributed by atoms with Crippen LogP contribution in [0.4, 0.5) is 5.69 Å². The molecule has 0 spiro atoms. The zero-order valence-corrected chi connectivity index (χ0v) is 18.1. The third kappa shape index (κ3) is 4.75. The summed E-state index contributed by atoms with van der Waals surface area (Å²) in [5, 5.41) is 8.64. The van der Waals surface area contributed by atoms with E-state index in [1.54, 1.807) is 0 Å². The molecule has 3 rings (SSSR count). The highest BCUT2D eigenvalue weighted by atomic mass is 16.1. The molecule has 6 heteroatoms. The third-order valence-corrected chi connectivity index (χ3v) is 5.52. The second-order valence-electron chi connectivity index (χ2n) is 7.67. The zero-order chi connectivity index (χ0) is 21.0. The van der Waals surface area contributed by atoms with Gasteiger partial charge in [-0.3, -0.25) is 9.48 Å². The van der Waals surface area contributed by atoms with Crippen molar-refractivity contribution in [2.24, 2.45) is 7.05 Å². The summed E-state index contributed by atoms with van der Waals surface area (Å²) in [5.41, 5.74) is 6.42. The lowest BCUT2D eigenvalue weighted by molar-refractivity contribution is -0.121. The molecule has 0 atom stereocenters. The van der Waals surface area contributed by atoms with E-state index >= 15 is 0 Å². The van der Waals surface area contributed by atoms with Crippen molar-refractivity contribution in [3.63, 3.8) is 0 Å². The number of hydrogen-bond acceptors (Lipinski definition) is 4. The Bertz CT molecular complexity index is 994. The molecular weight excluding hydrogens is 362 g/mol. The lowest BCUT2D eigenvalue weighted by atomic mass is 9.99. The summed E-state index contributed by atoms with van der Waals surface area (Å²) in [6, 6.07) is 10.3. The van der Waals surface area contributed by atoms with Crippen molar-refractivity contribution in [1.82, 2.24) is 20.1 Å². The molecule has 154 valence electrons. The molecule has 1 N–H and O–H groups in total. The highest BCUT2D eigenvalue weighted by Crippen LogP contribution is 2.25. The van der Waals surface area contributed by atoms with Gasteiger partial charge in [-0.2, -0.15) is 5.10 Å². The van der Waals surface area contributed by atoms with Gasteiger partial charge in [-0.25, -0.2) is 4.98 Å². The quantitative estimate of drug-likeness (QED) is 0.595. The molecule has 0 bridgehead atoms. The Kier molecular flexibility index (Phi) is 6.52. The van der Waals surface area contributed by atoms with Crippen LogP contribution < -0.4 is 10.2 Å². The Morgan fingerprint density at radius 3 is 2.59 bits per heavy atom. The Morgan fingerprint density at radius 1 is 1.14 bits per heavy atom. The fraction of sp³-hybridized carbons (Fsp3) is 0.435. The van der Waals surface area contributed by atoms with Crippen molar-refractivity contribution in [2.45, 2.75) is 40.0 Å². The predicted octanol–water partition coefficient (Wildman–Crippen LogP) is 3.47. The highest BCUT2D eigenvalue weighted by Gasteiger charge is 2.16. The summed E-state index contributed by atoms with van der Waals surface area (Å²) in [6.45, 7) is 7.73. The predicted molar refractivity (Wildman–Crippen MR) is 118 cm³/mol. The molecule has 0 saturated carbocycles. The fourth-order valence-electron chi connectivity index (χ4n) is 3.91. The van der Waals surface area contributed by atoms with Crippen molar-refractivity contribution >= 4 is 22.6 Å². The third-order valence-electron chi connectivity index (χ3n) is 5.52. The first-order valence-corrected chi connectivity index (χ1v) is 10.2. The second kappa shape index (κ2) is 9.07. The van der Waals surface area contributed by atoms with Gasteiger partial charge >= 0.3 is 0 Å². The second-order valence-corrected chi connectivity index (χ2v) is 7.67. The van der Waals surface area contributed by atoms with E-state index in [4.69, 9.17) is 4.98 Å². The monoisotopic (exact) mass is 393 g/mol. The van der Waals surface area contributed by atoms with Gasteiger partial charge < -0.3 is 10.2 Å². The van der Waals surface area contributed by atoms with Crippen LogP contribution in [-0.2, 0) is 18.3 Å². The lowest BCUT2D eigenvalue weighted by Gasteiger charge is -2.19. The number of aryl methyl sites for hydroxylation is 4. The van der Waals surface area contributed by atoms with Gasteiger partial charge in [0.05, 0.1) is 5.69 Å². The van der Waals surface area contributed by atoms with Crippen LogP contribution in [0.5, 0.6) is 0 Å². The number of benzene rings is 1. The lowest BCUT2D eigenvalue weighted by Crippen LogP contribution is -2.28. The van der Waals surface area contributed by atoms with Crippen molar-refractivity contribution < 1.29 is 4.79 Å². The number of rotatable bonds is 8. The number of anilines is 1. The number of nitrogens with one attached hydrogen (secondary N) is 1. The van der Waals surface area contributed by atoms with Crippen LogP contribution in [0.25, 0.3) is 11.0 Å². The molecule has 0 saturated heterocycles. The van der Waals surface area contributed by atoms with Crippen molar-refractivity contribution in [2.75, 3.05) is 25.0 Å². The van der Waals surface area contributed by atoms with E-state index in [0.717, 1.165) is 41.0 Å². The summed E-state index contributed by atoms with van der Waals surface area (Å²) in [4.78, 5) is 19.3. The minimum atomic E-state index is 0.0918. The number of carbonyl (C=O) groups is 1. The summed E-state index contributed by atoms with van der Waals surface area (Å²) >= 11 is 0. The normalized spacial score (nSPS) is 11.1. The molecule has 0 aliphatic heterocycles. The van der Waals surface area contributed by atoms with E-state index < -0.39 is 0 Å². The van der Waals surface area contributed by atoms with E-state index in [1.807, 2.05) is 43.8 Å². The molecule has 6 nitrogen and oxygen atoms in total. The van der Waals surface area contributed by atoms with Gasteiger partial charge in [0, 0.05) is 50.4 Å². The van der Waals surface area contributed by atoms with E-state index in [2.05, 4.69) is 41.4 Å². The van der Waals surface area contributed by atoms with Gasteiger partial charge in [0.25, 0.3) is 0 Å². The maximum atomic E-state index is 12.3. The number of hydrogen-bond donors (Lipinski definition) is 1. The molecule has 2 heterocycles. The maximum absolute atomic E-state index is 12.3. The number of nitrogens with zero attached hydrogens (tertiary/aromatic N) is 4. The van der Waals surface area contributed by atoms with Gasteiger partial charge in [0.2, 0.25) is 5.91 Å². The first-order chi connectivity index (χ1) is 13.9. The van der Waals surface area contributed by atoms with Crippen LogP contribution in [0.15, 0.2) is 30.3 Å². The molecule has 0 fully saturated rings. The van der Waals surface area contributed by atoms with Crippen LogP contribution >= 0.6 is 0 Å². The van der Waals surface area contributed by atoms with E-state index in [9.17, 15) is 4.79 Å². The number of amides is 1. The van der Waals surface area contributed by atoms with Gasteiger partial charge in [-0.1, -0.05) is 18.2 Å². The summed E-state index contributed by atoms with van der Waals surface area (Å²) < 4.78 is 1.83. The number of pyridine rings is 1. The Hall–Kier alpha value is -2.89. The molecule has 2 aromatic heterocycles. The first kappa shape index (κ1) is 20.8. The van der Waals surface area contributed by atoms with Crippen molar-refractivity contribution in [1.29, 1.82) is 0 Å². The summed E-state index contributed by atoms with van der Waals surface area (Å²) in [7, 11) is 4.00. The summed E-state index contributed by atoms with van der Waals surface area (Å²) in [5.74, 6) is 0.0918.